The van der Waals surface area contributed by atoms with Gasteiger partial charge in [0.05, 0.1) is 12.7 Å². The van der Waals surface area contributed by atoms with E-state index in [1.165, 1.54) is 13.3 Å². The minimum atomic E-state index is 0. The summed E-state index contributed by atoms with van der Waals surface area (Å²) in [6.07, 6.45) is 4.99. The van der Waals surface area contributed by atoms with E-state index in [0.29, 0.717) is 16.4 Å². The average Bonchev–Trinajstić information content (AvgIpc) is 2.72. The maximum Gasteiger partial charge on any atom is 2.00 e. The van der Waals surface area contributed by atoms with Crippen LogP contribution in [-0.4, -0.2) is 34.0 Å². The monoisotopic (exact) mass is 504 g/mol. The molecule has 0 fully saturated rings. The number of nitrogens with one attached hydrogen (secondary N) is 1. The Kier molecular flexibility index (Phi) is 13.7. The Labute approximate surface area is 188 Å². The van der Waals surface area contributed by atoms with Crippen molar-refractivity contribution in [3.63, 3.8) is 0 Å². The molecule has 0 aliphatic heterocycles. The Bertz CT molecular complexity index is 841. The summed E-state index contributed by atoms with van der Waals surface area (Å²) in [5, 5.41) is 15.2. The predicted octanol–water partition coefficient (Wildman–Crippen LogP) is 3.22. The number of benzene rings is 2. The van der Waals surface area contributed by atoms with Crippen molar-refractivity contribution in [3.8, 4) is 11.5 Å². The summed E-state index contributed by atoms with van der Waals surface area (Å²) >= 11 is 4.21. The molecular weight excluding hydrogens is 483 g/mol. The van der Waals surface area contributed by atoms with Crippen LogP contribution >= 0.6 is 0 Å². The Balaban J connectivity index is 0.000000843. The summed E-state index contributed by atoms with van der Waals surface area (Å²) in [7, 11) is 1.53. The Morgan fingerprint density at radius 1 is 1.07 bits per heavy atom. The summed E-state index contributed by atoms with van der Waals surface area (Å²) in [5.41, 5.74) is 5.43. The van der Waals surface area contributed by atoms with Crippen molar-refractivity contribution in [2.45, 2.75) is 0 Å². The van der Waals surface area contributed by atoms with Crippen LogP contribution in [-0.2, 0) is 32.6 Å². The van der Waals surface area contributed by atoms with Gasteiger partial charge >= 0.3 is 26.2 Å². The minimum absolute atomic E-state index is 0. The fourth-order valence-electron chi connectivity index (χ4n) is 1.96. The van der Waals surface area contributed by atoms with Gasteiger partial charge in [0.2, 0.25) is 10.9 Å². The fraction of sp³-hybridized carbons (Fsp3) is 0.0500. The summed E-state index contributed by atoms with van der Waals surface area (Å²) in [6, 6.07) is 20.6. The first-order chi connectivity index (χ1) is 13.2. The maximum atomic E-state index is 7.91. The van der Waals surface area contributed by atoms with Crippen molar-refractivity contribution in [1.82, 2.24) is 4.98 Å². The van der Waals surface area contributed by atoms with Gasteiger partial charge in [-0.3, -0.25) is 4.98 Å². The van der Waals surface area contributed by atoms with Gasteiger partial charge in [0.15, 0.2) is 12.2 Å². The fourth-order valence-corrected chi connectivity index (χ4v) is 2.14. The molecule has 3 rings (SSSR count). The molecule has 0 atom stereocenters. The third-order valence-electron chi connectivity index (χ3n) is 3.22. The van der Waals surface area contributed by atoms with Crippen molar-refractivity contribution in [2.24, 2.45) is 5.10 Å². The zero-order valence-electron chi connectivity index (χ0n) is 15.5. The number of rotatable bonds is 4. The van der Waals surface area contributed by atoms with Crippen LogP contribution in [0.3, 0.4) is 0 Å². The van der Waals surface area contributed by atoms with E-state index >= 15 is 0 Å². The molecular formula is C20H22N4O3PdS+2. The quantitative estimate of drug-likeness (QED) is 0.147. The number of thiol groups is 1. The molecule has 154 valence electrons. The Morgan fingerprint density at radius 2 is 1.72 bits per heavy atom. The average molecular weight is 505 g/mol. The van der Waals surface area contributed by atoms with Gasteiger partial charge in [-0.15, -0.1) is 0 Å². The number of methoxy groups -OCH3 is 1. The van der Waals surface area contributed by atoms with Gasteiger partial charge in [-0.1, -0.05) is 30.3 Å². The van der Waals surface area contributed by atoms with E-state index in [0.717, 1.165) is 5.69 Å². The van der Waals surface area contributed by atoms with Crippen LogP contribution in [0.2, 0.25) is 0 Å². The van der Waals surface area contributed by atoms with E-state index in [4.69, 9.17) is 9.84 Å². The third kappa shape index (κ3) is 9.78. The van der Waals surface area contributed by atoms with E-state index in [2.05, 4.69) is 33.0 Å². The second-order valence-corrected chi connectivity index (χ2v) is 5.53. The molecule has 1 heterocycles. The summed E-state index contributed by atoms with van der Waals surface area (Å²) in [5.74, 6) is 0.770. The molecule has 0 amide bonds. The van der Waals surface area contributed by atoms with E-state index in [9.17, 15) is 0 Å². The minimum Gasteiger partial charge on any atom is -0.870 e. The van der Waals surface area contributed by atoms with Gasteiger partial charge in [-0.25, -0.2) is 0 Å². The molecule has 29 heavy (non-hydrogen) atoms. The molecule has 4 N–H and O–H groups in total. The number of nitrogens with zero attached hydrogens (tertiary/aromatic N) is 3. The standard InChI is InChI=1S/C15H15N3O2S.C5H5N.H2O.Pd/c1-20-13-9-5-6-11(14(13)19)10-16-18-15(21)17-12-7-3-2-4-8-12;1-2-4-6-5-3-1;;/h2-10H,1H3,(H3,16,17,18,19,21);1-5H;1H2;/q;;;+2. The Morgan fingerprint density at radius 3 is 2.28 bits per heavy atom. The first-order valence-corrected chi connectivity index (χ1v) is 8.51. The third-order valence-corrected chi connectivity index (χ3v) is 3.43. The molecule has 0 aliphatic carbocycles. The van der Waals surface area contributed by atoms with Gasteiger partial charge in [-0.2, -0.15) is 0 Å². The second-order valence-electron chi connectivity index (χ2n) is 5.11. The molecule has 9 heteroatoms. The zero-order valence-corrected chi connectivity index (χ0v) is 18.0. The number of aromatic nitrogens is 1. The molecule has 0 bridgehead atoms. The van der Waals surface area contributed by atoms with Crippen LogP contribution in [0.15, 0.2) is 84.2 Å². The molecule has 0 saturated carbocycles. The maximum absolute atomic E-state index is 7.91. The number of hydrogen-bond donors (Lipinski definition) is 1. The first kappa shape index (κ1) is 26.2. The van der Waals surface area contributed by atoms with E-state index in [1.807, 2.05) is 48.5 Å². The van der Waals surface area contributed by atoms with Crippen LogP contribution < -0.4 is 10.1 Å². The van der Waals surface area contributed by atoms with Crippen LogP contribution in [0.5, 0.6) is 11.5 Å². The summed E-state index contributed by atoms with van der Waals surface area (Å²) in [6.45, 7) is 0. The number of hydrogen-bond acceptors (Lipinski definition) is 4. The zero-order chi connectivity index (χ0) is 19.3. The van der Waals surface area contributed by atoms with Crippen LogP contribution in [0.4, 0.5) is 5.69 Å². The number of anilines is 1. The number of para-hydroxylation sites is 2. The molecule has 0 aliphatic rings. The van der Waals surface area contributed by atoms with Crippen molar-refractivity contribution in [3.05, 3.63) is 90.1 Å². The van der Waals surface area contributed by atoms with E-state index in [1.54, 1.807) is 30.6 Å². The smallest absolute Gasteiger partial charge is 0.870 e. The van der Waals surface area contributed by atoms with Crippen molar-refractivity contribution < 1.29 is 35.7 Å². The molecule has 0 radical (unpaired) electrons. The van der Waals surface area contributed by atoms with Gasteiger partial charge < -0.3 is 31.2 Å². The number of pyridine rings is 1. The van der Waals surface area contributed by atoms with Crippen LogP contribution in [0, 0.1) is 0 Å². The molecule has 0 saturated heterocycles. The molecule has 0 spiro atoms. The summed E-state index contributed by atoms with van der Waals surface area (Å²) in [4.78, 5) is 3.78. The van der Waals surface area contributed by atoms with Gasteiger partial charge in [0.1, 0.15) is 0 Å². The molecule has 7 nitrogen and oxygen atoms in total. The van der Waals surface area contributed by atoms with Crippen molar-refractivity contribution >= 4 is 29.2 Å². The molecule has 0 unspecified atom stereocenters. The first-order valence-electron chi connectivity index (χ1n) is 8.06. The van der Waals surface area contributed by atoms with Gasteiger partial charge in [-0.05, 0) is 36.4 Å². The second kappa shape index (κ2) is 15.1. The topological polar surface area (TPSA) is 114 Å². The largest absolute Gasteiger partial charge is 2.00 e. The van der Waals surface area contributed by atoms with Crippen LogP contribution in [0.1, 0.15) is 5.56 Å². The van der Waals surface area contributed by atoms with Crippen molar-refractivity contribution in [1.29, 1.82) is 0 Å². The van der Waals surface area contributed by atoms with Crippen molar-refractivity contribution in [2.75, 3.05) is 12.4 Å². The predicted molar refractivity (Wildman–Crippen MR) is 117 cm³/mol. The molecule has 2 aromatic carbocycles. The molecule has 1 aromatic heterocycles. The van der Waals surface area contributed by atoms with Crippen LogP contribution in [0.25, 0.3) is 5.43 Å². The SMILES string of the molecule is COc1cccc(C=N[N-]C(=[SH+])Nc2ccccc2)c1[OH2+].[OH-].[Pd+2].c1ccncc1. The normalized spacial score (nSPS) is 9.14. The van der Waals surface area contributed by atoms with Gasteiger partial charge in [0, 0.05) is 24.3 Å². The Hall–Kier alpha value is -2.83. The molecule has 3 aromatic rings. The van der Waals surface area contributed by atoms with E-state index in [-0.39, 0.29) is 31.6 Å². The van der Waals surface area contributed by atoms with E-state index < -0.39 is 0 Å². The number of ether oxygens (including phenoxy) is 1. The summed E-state index contributed by atoms with van der Waals surface area (Å²) < 4.78 is 5.08. The van der Waals surface area contributed by atoms with Gasteiger partial charge in [0.25, 0.3) is 0 Å².